The zero-order valence-corrected chi connectivity index (χ0v) is 13.4. The van der Waals surface area contributed by atoms with Crippen LogP contribution in [-0.2, 0) is 9.59 Å². The van der Waals surface area contributed by atoms with E-state index in [1.165, 1.54) is 4.90 Å². The highest BCUT2D eigenvalue weighted by Gasteiger charge is 2.24. The van der Waals surface area contributed by atoms with Crippen LogP contribution < -0.4 is 5.32 Å². The number of carbonyl (C=O) groups excluding carboxylic acids is 2. The quantitative estimate of drug-likeness (QED) is 0.670. The van der Waals surface area contributed by atoms with Crippen molar-refractivity contribution >= 4 is 29.3 Å². The van der Waals surface area contributed by atoms with Crippen molar-refractivity contribution in [1.29, 1.82) is 0 Å². The number of nitrogens with one attached hydrogen (secondary N) is 1. The maximum atomic E-state index is 12.1. The maximum absolute atomic E-state index is 12.1. The van der Waals surface area contributed by atoms with Gasteiger partial charge in [-0.3, -0.25) is 9.59 Å². The molecule has 1 aromatic carbocycles. The number of nitrogens with zero attached hydrogens (tertiary/aromatic N) is 1. The predicted molar refractivity (Wildman–Crippen MR) is 88.2 cm³/mol. The molecular weight excluding hydrogens is 284 g/mol. The minimum atomic E-state index is -0.647. The van der Waals surface area contributed by atoms with Crippen LogP contribution in [-0.4, -0.2) is 41.8 Å². The summed E-state index contributed by atoms with van der Waals surface area (Å²) in [5, 5.41) is 2.59. The van der Waals surface area contributed by atoms with E-state index in [1.54, 1.807) is 43.1 Å². The molecule has 0 aliphatic rings. The first kappa shape index (κ1) is 17.1. The third kappa shape index (κ3) is 4.83. The summed E-state index contributed by atoms with van der Waals surface area (Å²) in [6.07, 6.45) is 8.10. The van der Waals surface area contributed by atoms with Crippen molar-refractivity contribution in [2.24, 2.45) is 0 Å². The molecular formula is C16H20N2O2S. The van der Waals surface area contributed by atoms with Crippen molar-refractivity contribution in [3.05, 3.63) is 29.8 Å². The topological polar surface area (TPSA) is 49.4 Å². The molecule has 2 amide bonds. The van der Waals surface area contributed by atoms with Crippen molar-refractivity contribution in [3.63, 3.8) is 0 Å². The minimum Gasteiger partial charge on any atom is -0.334 e. The van der Waals surface area contributed by atoms with Gasteiger partial charge in [0, 0.05) is 30.1 Å². The van der Waals surface area contributed by atoms with Crippen LogP contribution in [0.4, 0.5) is 5.69 Å². The Labute approximate surface area is 130 Å². The smallest absolute Gasteiger partial charge is 0.313 e. The molecule has 1 N–H and O–H groups in total. The lowest BCUT2D eigenvalue weighted by Crippen LogP contribution is -2.44. The lowest BCUT2D eigenvalue weighted by Gasteiger charge is -2.26. The Morgan fingerprint density at radius 2 is 2.19 bits per heavy atom. The molecule has 0 aliphatic carbocycles. The third-order valence-electron chi connectivity index (χ3n) is 3.18. The molecule has 0 aromatic heterocycles. The number of thioether (sulfide) groups is 1. The van der Waals surface area contributed by atoms with Crippen molar-refractivity contribution in [2.75, 3.05) is 24.4 Å². The van der Waals surface area contributed by atoms with E-state index in [0.717, 1.165) is 12.2 Å². The Hall–Kier alpha value is -1.93. The normalized spacial score (nSPS) is 11.3. The number of hydrogen-bond donors (Lipinski definition) is 1. The number of amides is 2. The van der Waals surface area contributed by atoms with Crippen LogP contribution in [0.5, 0.6) is 0 Å². The molecule has 0 bridgehead atoms. The summed E-state index contributed by atoms with van der Waals surface area (Å²) in [5.74, 6) is 2.10. The molecule has 0 spiro atoms. The number of likely N-dealkylation sites (N-methyl/N-ethyl adjacent to an activating group) is 1. The zero-order chi connectivity index (χ0) is 15.8. The lowest BCUT2D eigenvalue weighted by atomic mass is 10.2. The van der Waals surface area contributed by atoms with Crippen molar-refractivity contribution < 1.29 is 9.59 Å². The molecule has 0 unspecified atom stereocenters. The number of terminal acetylenes is 1. The van der Waals surface area contributed by atoms with Gasteiger partial charge in [0.05, 0.1) is 0 Å². The van der Waals surface area contributed by atoms with Gasteiger partial charge in [-0.05, 0) is 30.9 Å². The predicted octanol–water partition coefficient (Wildman–Crippen LogP) is 2.21. The molecule has 1 aromatic rings. The van der Waals surface area contributed by atoms with Crippen LogP contribution in [0.3, 0.4) is 0 Å². The molecule has 1 atom stereocenters. The van der Waals surface area contributed by atoms with Crippen LogP contribution in [0.25, 0.3) is 0 Å². The second-order valence-corrected chi connectivity index (χ2v) is 5.52. The summed E-state index contributed by atoms with van der Waals surface area (Å²) in [5.41, 5.74) is 1.18. The summed E-state index contributed by atoms with van der Waals surface area (Å²) in [7, 11) is 1.66. The average Bonchev–Trinajstić information content (AvgIpc) is 2.51. The van der Waals surface area contributed by atoms with E-state index in [4.69, 9.17) is 6.42 Å². The molecule has 0 aliphatic heterocycles. The number of anilines is 1. The first-order valence-corrected chi connectivity index (χ1v) is 8.06. The number of carbonyl (C=O) groups is 2. The van der Waals surface area contributed by atoms with Crippen LogP contribution in [0.1, 0.15) is 18.9 Å². The molecule has 0 saturated carbocycles. The van der Waals surface area contributed by atoms with Gasteiger partial charge in [0.2, 0.25) is 0 Å². The second-order valence-electron chi connectivity index (χ2n) is 4.61. The summed E-state index contributed by atoms with van der Waals surface area (Å²) in [6.45, 7) is 2.00. The summed E-state index contributed by atoms with van der Waals surface area (Å²) >= 11 is 1.65. The van der Waals surface area contributed by atoms with Crippen LogP contribution in [0.2, 0.25) is 0 Å². The van der Waals surface area contributed by atoms with Gasteiger partial charge in [-0.1, -0.05) is 18.9 Å². The third-order valence-corrected chi connectivity index (χ3v) is 3.90. The highest BCUT2D eigenvalue weighted by molar-refractivity contribution is 7.98. The molecule has 1 rings (SSSR count). The van der Waals surface area contributed by atoms with E-state index in [9.17, 15) is 9.59 Å². The van der Waals surface area contributed by atoms with Gasteiger partial charge in [0.25, 0.3) is 0 Å². The van der Waals surface area contributed by atoms with Gasteiger partial charge in [0.15, 0.2) is 0 Å². The Bertz CT molecular complexity index is 551. The van der Waals surface area contributed by atoms with Gasteiger partial charge in [0.1, 0.15) is 0 Å². The molecule has 0 saturated heterocycles. The van der Waals surface area contributed by atoms with Crippen LogP contribution in [0.15, 0.2) is 24.3 Å². The van der Waals surface area contributed by atoms with Crippen molar-refractivity contribution in [1.82, 2.24) is 4.90 Å². The van der Waals surface area contributed by atoms with Crippen LogP contribution in [0, 0.1) is 12.3 Å². The van der Waals surface area contributed by atoms with E-state index in [1.807, 2.05) is 13.2 Å². The molecule has 21 heavy (non-hydrogen) atoms. The molecule has 5 heteroatoms. The number of rotatable bonds is 5. The lowest BCUT2D eigenvalue weighted by molar-refractivity contribution is -0.143. The molecule has 4 nitrogen and oxygen atoms in total. The summed E-state index contributed by atoms with van der Waals surface area (Å²) in [4.78, 5) is 25.7. The number of hydrogen-bond acceptors (Lipinski definition) is 3. The fourth-order valence-corrected chi connectivity index (χ4v) is 2.74. The molecule has 0 fully saturated rings. The van der Waals surface area contributed by atoms with Gasteiger partial charge in [-0.25, -0.2) is 0 Å². The van der Waals surface area contributed by atoms with Crippen molar-refractivity contribution in [3.8, 4) is 12.3 Å². The Balaban J connectivity index is 2.74. The zero-order valence-electron chi connectivity index (χ0n) is 12.6. The maximum Gasteiger partial charge on any atom is 0.313 e. The van der Waals surface area contributed by atoms with E-state index < -0.39 is 11.8 Å². The first-order valence-electron chi connectivity index (χ1n) is 6.67. The number of benzene rings is 1. The summed E-state index contributed by atoms with van der Waals surface area (Å²) in [6, 6.07) is 6.90. The monoisotopic (exact) mass is 304 g/mol. The Morgan fingerprint density at radius 3 is 2.76 bits per heavy atom. The Morgan fingerprint density at radius 1 is 1.48 bits per heavy atom. The van der Waals surface area contributed by atoms with Gasteiger partial charge in [-0.2, -0.15) is 11.8 Å². The highest BCUT2D eigenvalue weighted by atomic mass is 32.2. The first-order chi connectivity index (χ1) is 10.0. The van der Waals surface area contributed by atoms with E-state index >= 15 is 0 Å². The van der Waals surface area contributed by atoms with Crippen LogP contribution >= 0.6 is 11.8 Å². The van der Waals surface area contributed by atoms with E-state index in [2.05, 4.69) is 11.2 Å². The largest absolute Gasteiger partial charge is 0.334 e. The fourth-order valence-electron chi connectivity index (χ4n) is 1.89. The average molecular weight is 304 g/mol. The summed E-state index contributed by atoms with van der Waals surface area (Å²) < 4.78 is 0. The van der Waals surface area contributed by atoms with Gasteiger partial charge >= 0.3 is 11.8 Å². The van der Waals surface area contributed by atoms with Gasteiger partial charge in [-0.15, -0.1) is 6.42 Å². The molecule has 0 heterocycles. The van der Waals surface area contributed by atoms with Crippen molar-refractivity contribution in [2.45, 2.75) is 19.4 Å². The molecule has 0 radical (unpaired) electrons. The standard InChI is InChI=1S/C16H20N2O2S/c1-5-12-8-7-9-13(10-12)17-15(19)16(20)18(3)14(6-2)11-21-4/h1,7-10,14H,6,11H2,2-4H3,(H,17,19)/t14-/m0/s1. The minimum absolute atomic E-state index is 0.0512. The Kier molecular flexibility index (Phi) is 6.83. The van der Waals surface area contributed by atoms with E-state index in [-0.39, 0.29) is 6.04 Å². The fraction of sp³-hybridized carbons (Fsp3) is 0.375. The highest BCUT2D eigenvalue weighted by Crippen LogP contribution is 2.12. The second kappa shape index (κ2) is 8.38. The van der Waals surface area contributed by atoms with E-state index in [0.29, 0.717) is 11.3 Å². The molecule has 112 valence electrons. The van der Waals surface area contributed by atoms with Gasteiger partial charge < -0.3 is 10.2 Å². The SMILES string of the molecule is C#Cc1cccc(NC(=O)C(=O)N(C)[C@@H](CC)CSC)c1.